The summed E-state index contributed by atoms with van der Waals surface area (Å²) >= 11 is 0. The molecule has 7 nitrogen and oxygen atoms in total. The van der Waals surface area contributed by atoms with Crippen molar-refractivity contribution in [2.24, 2.45) is 0 Å². The number of nitro benzene ring substituents is 1. The molecule has 0 saturated carbocycles. The number of aromatic nitrogens is 2. The highest BCUT2D eigenvalue weighted by Gasteiger charge is 2.40. The van der Waals surface area contributed by atoms with Crippen molar-refractivity contribution in [2.45, 2.75) is 12.3 Å². The Morgan fingerprint density at radius 1 is 1.35 bits per heavy atom. The van der Waals surface area contributed by atoms with Gasteiger partial charge in [-0.05, 0) is 16.4 Å². The summed E-state index contributed by atoms with van der Waals surface area (Å²) in [5.74, 6) is -4.24. The second-order valence-electron chi connectivity index (χ2n) is 3.77. The number of benzene rings is 1. The predicted molar refractivity (Wildman–Crippen MR) is 57.9 cm³/mol. The summed E-state index contributed by atoms with van der Waals surface area (Å²) in [6.45, 7) is -1.36. The van der Waals surface area contributed by atoms with E-state index in [9.17, 15) is 27.7 Å². The smallest absolute Gasteiger partial charge is 0.324 e. The number of rotatable bonds is 5. The van der Waals surface area contributed by atoms with Gasteiger partial charge in [-0.25, -0.2) is 13.4 Å². The van der Waals surface area contributed by atoms with Crippen molar-refractivity contribution in [3.05, 3.63) is 22.2 Å². The molecule has 0 aliphatic carbocycles. The lowest BCUT2D eigenvalue weighted by molar-refractivity contribution is -0.383. The Morgan fingerprint density at radius 2 is 2.00 bits per heavy atom. The Kier molecular flexibility index (Phi) is 3.42. The van der Waals surface area contributed by atoms with Gasteiger partial charge in [0.05, 0.1) is 17.2 Å². The molecule has 0 unspecified atom stereocenters. The molecular weight excluding hydrogens is 288 g/mol. The van der Waals surface area contributed by atoms with Crippen LogP contribution < -0.4 is 5.32 Å². The molecule has 0 spiro atoms. The lowest BCUT2D eigenvalue weighted by atomic mass is 10.2. The summed E-state index contributed by atoms with van der Waals surface area (Å²) in [4.78, 5) is 9.93. The number of hydrogen-bond acceptors (Lipinski definition) is 6. The molecule has 108 valence electrons. The highest BCUT2D eigenvalue weighted by atomic mass is 19.3. The van der Waals surface area contributed by atoms with Crippen molar-refractivity contribution >= 4 is 22.4 Å². The summed E-state index contributed by atoms with van der Waals surface area (Å²) in [6.07, 6.45) is -3.83. The first-order valence-corrected chi connectivity index (χ1v) is 5.12. The van der Waals surface area contributed by atoms with E-state index in [-0.39, 0.29) is 16.7 Å². The first-order valence-electron chi connectivity index (χ1n) is 5.12. The molecule has 0 atom stereocenters. The van der Waals surface area contributed by atoms with E-state index in [1.807, 2.05) is 5.32 Å². The molecule has 0 amide bonds. The molecule has 0 bridgehead atoms. The Labute approximate surface area is 107 Å². The highest BCUT2D eigenvalue weighted by Crippen LogP contribution is 2.30. The van der Waals surface area contributed by atoms with Crippen molar-refractivity contribution < 1.29 is 27.1 Å². The Morgan fingerprint density at radius 3 is 2.60 bits per heavy atom. The van der Waals surface area contributed by atoms with Crippen LogP contribution in [-0.2, 0) is 0 Å². The number of nitro groups is 1. The number of non-ortho nitro benzene ring substituents is 1. The molecule has 0 aliphatic rings. The summed E-state index contributed by atoms with van der Waals surface area (Å²) in [7, 11) is 0. The van der Waals surface area contributed by atoms with E-state index in [2.05, 4.69) is 14.9 Å². The number of anilines is 1. The fraction of sp³-hybridized carbons (Fsp3) is 0.333. The van der Waals surface area contributed by atoms with Crippen LogP contribution in [0.25, 0.3) is 11.0 Å². The summed E-state index contributed by atoms with van der Waals surface area (Å²) in [5.41, 5.74) is -1.01. The fourth-order valence-corrected chi connectivity index (χ4v) is 1.43. The van der Waals surface area contributed by atoms with Crippen LogP contribution >= 0.6 is 0 Å². The van der Waals surface area contributed by atoms with Gasteiger partial charge < -0.3 is 5.32 Å². The first-order chi connectivity index (χ1) is 9.33. The summed E-state index contributed by atoms with van der Waals surface area (Å²) in [6, 6.07) is 2.04. The quantitative estimate of drug-likeness (QED) is 0.517. The van der Waals surface area contributed by atoms with Crippen LogP contribution in [0.5, 0.6) is 0 Å². The average molecular weight is 294 g/mol. The van der Waals surface area contributed by atoms with Crippen molar-refractivity contribution in [1.82, 2.24) is 10.3 Å². The number of halogens is 4. The van der Waals surface area contributed by atoms with Gasteiger partial charge in [-0.3, -0.25) is 10.1 Å². The molecule has 0 aliphatic heterocycles. The number of nitrogens with zero attached hydrogens (tertiary/aromatic N) is 3. The minimum atomic E-state index is -4.24. The van der Waals surface area contributed by atoms with Gasteiger partial charge in [-0.15, -0.1) is 0 Å². The zero-order valence-electron chi connectivity index (χ0n) is 9.52. The molecule has 11 heteroatoms. The van der Waals surface area contributed by atoms with Gasteiger partial charge >= 0.3 is 18.0 Å². The van der Waals surface area contributed by atoms with Crippen LogP contribution in [0.15, 0.2) is 16.8 Å². The van der Waals surface area contributed by atoms with Gasteiger partial charge in [0.2, 0.25) is 5.52 Å². The molecule has 1 aromatic carbocycles. The molecule has 2 rings (SSSR count). The highest BCUT2D eigenvalue weighted by molar-refractivity contribution is 5.93. The van der Waals surface area contributed by atoms with Crippen LogP contribution in [0.1, 0.15) is 0 Å². The lowest BCUT2D eigenvalue weighted by Gasteiger charge is -2.16. The summed E-state index contributed by atoms with van der Waals surface area (Å²) in [5, 5.41) is 19.3. The molecular formula is C9H6F4N4O3. The molecule has 1 heterocycles. The van der Waals surface area contributed by atoms with Crippen LogP contribution in [0.2, 0.25) is 0 Å². The van der Waals surface area contributed by atoms with Gasteiger partial charge in [0.25, 0.3) is 0 Å². The van der Waals surface area contributed by atoms with Crippen molar-refractivity contribution in [1.29, 1.82) is 0 Å². The maximum absolute atomic E-state index is 12.8. The first kappa shape index (κ1) is 14.0. The van der Waals surface area contributed by atoms with Gasteiger partial charge in [-0.1, -0.05) is 0 Å². The zero-order chi connectivity index (χ0) is 14.9. The monoisotopic (exact) mass is 294 g/mol. The van der Waals surface area contributed by atoms with Crippen molar-refractivity contribution in [3.8, 4) is 0 Å². The predicted octanol–water partition coefficient (Wildman–Crippen LogP) is 2.44. The Hall–Kier alpha value is -2.46. The Bertz CT molecular complexity index is 645. The molecule has 1 aromatic heterocycles. The maximum atomic E-state index is 12.8. The van der Waals surface area contributed by atoms with Gasteiger partial charge in [-0.2, -0.15) is 8.78 Å². The number of hydrogen-bond donors (Lipinski definition) is 1. The second-order valence-corrected chi connectivity index (χ2v) is 3.77. The van der Waals surface area contributed by atoms with Crippen molar-refractivity contribution in [3.63, 3.8) is 0 Å². The van der Waals surface area contributed by atoms with E-state index >= 15 is 0 Å². The van der Waals surface area contributed by atoms with Gasteiger partial charge in [0.15, 0.2) is 5.52 Å². The van der Waals surface area contributed by atoms with E-state index in [0.717, 1.165) is 12.1 Å². The number of alkyl halides is 4. The minimum absolute atomic E-state index is 0.118. The van der Waals surface area contributed by atoms with Crippen molar-refractivity contribution in [2.75, 3.05) is 11.9 Å². The molecule has 0 fully saturated rings. The molecule has 20 heavy (non-hydrogen) atoms. The number of nitrogens with one attached hydrogen (secondary N) is 1. The van der Waals surface area contributed by atoms with E-state index in [1.165, 1.54) is 0 Å². The van der Waals surface area contributed by atoms with Crippen LogP contribution in [0.3, 0.4) is 0 Å². The van der Waals surface area contributed by atoms with Crippen LogP contribution in [0, 0.1) is 10.1 Å². The molecule has 0 saturated heterocycles. The molecule has 1 N–H and O–H groups in total. The van der Waals surface area contributed by atoms with Gasteiger partial charge in [0.1, 0.15) is 0 Å². The van der Waals surface area contributed by atoms with E-state index in [4.69, 9.17) is 0 Å². The largest absolute Gasteiger partial charge is 0.377 e. The zero-order valence-corrected chi connectivity index (χ0v) is 9.52. The second kappa shape index (κ2) is 4.90. The van der Waals surface area contributed by atoms with E-state index in [0.29, 0.717) is 0 Å². The summed E-state index contributed by atoms with van der Waals surface area (Å²) < 4.78 is 53.9. The third kappa shape index (κ3) is 2.46. The SMILES string of the molecule is O=[N+]([O-])c1ccc(NCC(F)(F)C(F)F)c2nonc12. The van der Waals surface area contributed by atoms with Crippen LogP contribution in [-0.4, -0.2) is 34.1 Å². The third-order valence-electron chi connectivity index (χ3n) is 2.42. The Balaban J connectivity index is 2.31. The number of fused-ring (bicyclic) bond motifs is 1. The normalized spacial score (nSPS) is 12.1. The molecule has 2 aromatic rings. The standard InChI is InChI=1S/C9H6F4N4O3/c10-8(11)9(12,13)3-14-4-1-2-5(17(18)19)7-6(4)15-20-16-7/h1-2,8,14H,3H2. The van der Waals surface area contributed by atoms with Crippen LogP contribution in [0.4, 0.5) is 28.9 Å². The lowest BCUT2D eigenvalue weighted by Crippen LogP contribution is -2.34. The fourth-order valence-electron chi connectivity index (χ4n) is 1.43. The minimum Gasteiger partial charge on any atom is -0.377 e. The average Bonchev–Trinajstić information content (AvgIpc) is 2.84. The maximum Gasteiger partial charge on any atom is 0.324 e. The van der Waals surface area contributed by atoms with E-state index in [1.54, 1.807) is 0 Å². The third-order valence-corrected chi connectivity index (χ3v) is 2.42. The van der Waals surface area contributed by atoms with Gasteiger partial charge in [0, 0.05) is 6.07 Å². The molecule has 0 radical (unpaired) electrons. The van der Waals surface area contributed by atoms with E-state index < -0.39 is 29.5 Å². The topological polar surface area (TPSA) is 94.1 Å².